The summed E-state index contributed by atoms with van der Waals surface area (Å²) in [5, 5.41) is 12.1. The summed E-state index contributed by atoms with van der Waals surface area (Å²) in [6.07, 6.45) is -3.52. The zero-order valence-corrected chi connectivity index (χ0v) is 20.9. The van der Waals surface area contributed by atoms with Crippen LogP contribution < -0.4 is 16.3 Å². The third-order valence-electron chi connectivity index (χ3n) is 7.22. The molecule has 0 radical (unpaired) electrons. The van der Waals surface area contributed by atoms with Crippen molar-refractivity contribution in [3.05, 3.63) is 87.6 Å². The van der Waals surface area contributed by atoms with Crippen LogP contribution in [0.15, 0.2) is 59.7 Å². The fourth-order valence-electron chi connectivity index (χ4n) is 4.97. The summed E-state index contributed by atoms with van der Waals surface area (Å²) in [5.74, 6) is -0.368. The molecule has 2 heterocycles. The van der Waals surface area contributed by atoms with E-state index in [1.165, 1.54) is 24.0 Å². The molecule has 0 unspecified atom stereocenters. The average molecular weight is 536 g/mol. The van der Waals surface area contributed by atoms with Gasteiger partial charge in [0.05, 0.1) is 23.8 Å². The van der Waals surface area contributed by atoms with Gasteiger partial charge in [-0.05, 0) is 48.6 Å². The highest BCUT2D eigenvalue weighted by molar-refractivity contribution is 5.84. The predicted octanol–water partition coefficient (Wildman–Crippen LogP) is 3.56. The first-order valence-corrected chi connectivity index (χ1v) is 12.1. The number of benzene rings is 2. The molecule has 3 atom stereocenters. The molecule has 0 bridgehead atoms. The highest BCUT2D eigenvalue weighted by Crippen LogP contribution is 2.39. The van der Waals surface area contributed by atoms with Crippen LogP contribution in [0.4, 0.5) is 17.6 Å². The van der Waals surface area contributed by atoms with Gasteiger partial charge in [-0.1, -0.05) is 36.4 Å². The quantitative estimate of drug-likeness (QED) is 0.383. The first-order chi connectivity index (χ1) is 18.0. The van der Waals surface area contributed by atoms with Crippen LogP contribution in [0.1, 0.15) is 48.1 Å². The van der Waals surface area contributed by atoms with E-state index in [9.17, 15) is 27.2 Å². The number of ether oxygens (including phenoxy) is 1. The fraction of sp³-hybridized carbons (Fsp3) is 0.423. The lowest BCUT2D eigenvalue weighted by atomic mass is 9.75. The first kappa shape index (κ1) is 27.5. The van der Waals surface area contributed by atoms with E-state index in [-0.39, 0.29) is 36.6 Å². The molecule has 3 aromatic rings. The molecule has 38 heavy (non-hydrogen) atoms. The Balaban J connectivity index is 1.63. The largest absolute Gasteiger partial charge is 0.416 e. The molecule has 1 aliphatic rings. The van der Waals surface area contributed by atoms with Crippen molar-refractivity contribution in [3.8, 4) is 0 Å². The summed E-state index contributed by atoms with van der Waals surface area (Å²) in [6, 6.07) is 12.5. The second-order valence-electron chi connectivity index (χ2n) is 9.49. The molecule has 4 rings (SSSR count). The molecule has 0 aliphatic carbocycles. The van der Waals surface area contributed by atoms with Crippen LogP contribution >= 0.6 is 0 Å². The van der Waals surface area contributed by atoms with Gasteiger partial charge in [0, 0.05) is 13.6 Å². The van der Waals surface area contributed by atoms with Crippen molar-refractivity contribution in [1.82, 2.24) is 25.4 Å². The Hall–Kier alpha value is -3.51. The van der Waals surface area contributed by atoms with Crippen molar-refractivity contribution in [2.75, 3.05) is 20.2 Å². The Bertz CT molecular complexity index is 1310. The van der Waals surface area contributed by atoms with E-state index in [1.807, 2.05) is 30.3 Å². The van der Waals surface area contributed by atoms with E-state index in [0.29, 0.717) is 6.42 Å². The Morgan fingerprint density at radius 2 is 1.95 bits per heavy atom. The summed E-state index contributed by atoms with van der Waals surface area (Å²) >= 11 is 0. The van der Waals surface area contributed by atoms with E-state index in [2.05, 4.69) is 20.8 Å². The number of H-pyrrole nitrogens is 1. The molecule has 12 heteroatoms. The Morgan fingerprint density at radius 3 is 2.50 bits per heavy atom. The van der Waals surface area contributed by atoms with Crippen molar-refractivity contribution in [2.45, 2.75) is 49.8 Å². The third kappa shape index (κ3) is 5.23. The van der Waals surface area contributed by atoms with Crippen molar-refractivity contribution >= 4 is 5.91 Å². The number of aromatic nitrogens is 3. The van der Waals surface area contributed by atoms with Gasteiger partial charge in [-0.3, -0.25) is 9.36 Å². The first-order valence-electron chi connectivity index (χ1n) is 12.1. The van der Waals surface area contributed by atoms with Crippen molar-refractivity contribution < 1.29 is 27.1 Å². The number of nitrogens with zero attached hydrogens (tertiary/aromatic N) is 2. The molecule has 1 fully saturated rings. The number of halogens is 4. The fourth-order valence-corrected chi connectivity index (χ4v) is 4.97. The zero-order chi connectivity index (χ0) is 27.6. The number of likely N-dealkylation sites (N-methyl/N-ethyl adjacent to an activating group) is 1. The zero-order valence-electron chi connectivity index (χ0n) is 20.9. The Kier molecular flexibility index (Phi) is 7.75. The van der Waals surface area contributed by atoms with Crippen molar-refractivity contribution in [3.63, 3.8) is 0 Å². The lowest BCUT2D eigenvalue weighted by Crippen LogP contribution is -2.64. The van der Waals surface area contributed by atoms with Gasteiger partial charge in [-0.15, -0.1) is 0 Å². The van der Waals surface area contributed by atoms with Gasteiger partial charge >= 0.3 is 11.9 Å². The van der Waals surface area contributed by atoms with Crippen LogP contribution in [-0.4, -0.2) is 40.9 Å². The molecule has 0 saturated carbocycles. The summed E-state index contributed by atoms with van der Waals surface area (Å²) < 4.78 is 60.9. The van der Waals surface area contributed by atoms with Gasteiger partial charge < -0.3 is 15.4 Å². The van der Waals surface area contributed by atoms with Crippen molar-refractivity contribution in [2.24, 2.45) is 0 Å². The molecule has 1 saturated heterocycles. The molecule has 2 aromatic carbocycles. The van der Waals surface area contributed by atoms with Crippen molar-refractivity contribution in [1.29, 1.82) is 0 Å². The summed E-state index contributed by atoms with van der Waals surface area (Å²) in [4.78, 5) is 25.4. The SMILES string of the molecule is CNC(=O)[C@@]1(n2cn[nH]c2=O)CC[C@@](CO[C@H](C)c2cc(CF)cc(C(F)(F)F)c2)(c2ccccc2)NC1. The lowest BCUT2D eigenvalue weighted by Gasteiger charge is -2.46. The summed E-state index contributed by atoms with van der Waals surface area (Å²) in [7, 11) is 1.49. The van der Waals surface area contributed by atoms with E-state index >= 15 is 0 Å². The lowest BCUT2D eigenvalue weighted by molar-refractivity contribution is -0.138. The number of alkyl halides is 4. The highest BCUT2D eigenvalue weighted by Gasteiger charge is 2.49. The minimum absolute atomic E-state index is 0.0451. The molecule has 3 N–H and O–H groups in total. The van der Waals surface area contributed by atoms with Gasteiger partial charge in [0.15, 0.2) is 0 Å². The van der Waals surface area contributed by atoms with Gasteiger partial charge in [-0.25, -0.2) is 14.3 Å². The molecule has 8 nitrogen and oxygen atoms in total. The maximum atomic E-state index is 13.4. The second kappa shape index (κ2) is 10.7. The van der Waals surface area contributed by atoms with Crippen LogP contribution in [0.3, 0.4) is 0 Å². The minimum atomic E-state index is -4.62. The van der Waals surface area contributed by atoms with E-state index in [1.54, 1.807) is 6.92 Å². The van der Waals surface area contributed by atoms with Gasteiger partial charge in [-0.2, -0.15) is 18.3 Å². The second-order valence-corrected chi connectivity index (χ2v) is 9.49. The number of rotatable bonds is 8. The number of hydrogen-bond donors (Lipinski definition) is 3. The summed E-state index contributed by atoms with van der Waals surface area (Å²) in [6.45, 7) is 0.685. The summed E-state index contributed by atoms with van der Waals surface area (Å²) in [5.41, 5.74) is -2.56. The maximum absolute atomic E-state index is 13.4. The molecular weight excluding hydrogens is 506 g/mol. The monoisotopic (exact) mass is 535 g/mol. The minimum Gasteiger partial charge on any atom is -0.372 e. The number of piperidine rings is 1. The highest BCUT2D eigenvalue weighted by atomic mass is 19.4. The number of carbonyl (C=O) groups excluding carboxylic acids is 1. The van der Waals surface area contributed by atoms with Crippen LogP contribution in [-0.2, 0) is 33.5 Å². The van der Waals surface area contributed by atoms with Gasteiger partial charge in [0.1, 0.15) is 18.5 Å². The smallest absolute Gasteiger partial charge is 0.372 e. The molecule has 0 spiro atoms. The molecule has 1 amide bonds. The Morgan fingerprint density at radius 1 is 1.21 bits per heavy atom. The maximum Gasteiger partial charge on any atom is 0.416 e. The number of carbonyl (C=O) groups is 1. The number of hydrogen-bond acceptors (Lipinski definition) is 5. The number of nitrogens with one attached hydrogen (secondary N) is 3. The third-order valence-corrected chi connectivity index (χ3v) is 7.22. The molecule has 1 aromatic heterocycles. The van der Waals surface area contributed by atoms with Gasteiger partial charge in [0.25, 0.3) is 0 Å². The topological polar surface area (TPSA) is 101 Å². The van der Waals surface area contributed by atoms with Crippen LogP contribution in [0.25, 0.3) is 0 Å². The van der Waals surface area contributed by atoms with Crippen LogP contribution in [0.2, 0.25) is 0 Å². The van der Waals surface area contributed by atoms with E-state index < -0.39 is 41.3 Å². The average Bonchev–Trinajstić information content (AvgIpc) is 3.37. The molecule has 1 aliphatic heterocycles. The number of amides is 1. The normalized spacial score (nSPS) is 22.7. The standard InChI is InChI=1S/C26H29F4N5O3/c1-17(19-10-18(13-27)11-21(12-19)26(28,29)30)38-15-24(20-6-4-3-5-7-20)8-9-25(14-32-24,22(36)31-2)35-16-33-34-23(35)37/h3-7,10-12,16-17,32H,8-9,13-15H2,1-2H3,(H,31,36)(H,34,37)/t17-,24-,25-/m1/s1. The predicted molar refractivity (Wildman–Crippen MR) is 131 cm³/mol. The Labute approximate surface area is 216 Å². The van der Waals surface area contributed by atoms with Gasteiger partial charge in [0.2, 0.25) is 5.91 Å². The van der Waals surface area contributed by atoms with E-state index in [0.717, 1.165) is 17.7 Å². The number of aromatic amines is 1. The molecular formula is C26H29F4N5O3. The van der Waals surface area contributed by atoms with Crippen LogP contribution in [0.5, 0.6) is 0 Å². The van der Waals surface area contributed by atoms with Crippen LogP contribution in [0, 0.1) is 0 Å². The van der Waals surface area contributed by atoms with E-state index in [4.69, 9.17) is 4.74 Å². The molecule has 204 valence electrons.